The summed E-state index contributed by atoms with van der Waals surface area (Å²) in [6, 6.07) is 0. The molecule has 0 aliphatic carbocycles. The van der Waals surface area contributed by atoms with E-state index in [4.69, 9.17) is 38.0 Å². The molecule has 6 atom stereocenters. The molecule has 0 bridgehead atoms. The Morgan fingerprint density at radius 1 is 0.733 bits per heavy atom. The van der Waals surface area contributed by atoms with Crippen molar-refractivity contribution >= 4 is 8.32 Å². The van der Waals surface area contributed by atoms with Gasteiger partial charge in [0.05, 0.1) is 12.2 Å². The Morgan fingerprint density at radius 3 is 1.47 bits per heavy atom. The summed E-state index contributed by atoms with van der Waals surface area (Å²) in [5.41, 5.74) is 0. The van der Waals surface area contributed by atoms with E-state index < -0.39 is 19.9 Å². The quantitative estimate of drug-likeness (QED) is 0.132. The Balaban J connectivity index is 0.000000472. The highest BCUT2D eigenvalue weighted by Gasteiger charge is 2.46. The zero-order valence-electron chi connectivity index (χ0n) is 31.5. The maximum absolute atomic E-state index is 9.12. The van der Waals surface area contributed by atoms with Crippen molar-refractivity contribution in [3.63, 3.8) is 0 Å². The van der Waals surface area contributed by atoms with Gasteiger partial charge in [-0.2, -0.15) is 0 Å². The number of rotatable bonds is 16. The van der Waals surface area contributed by atoms with Crippen molar-refractivity contribution in [2.75, 3.05) is 27.4 Å². The molecule has 2 aliphatic heterocycles. The fourth-order valence-electron chi connectivity index (χ4n) is 5.12. The van der Waals surface area contributed by atoms with Crippen LogP contribution in [0, 0.1) is 11.8 Å². The Labute approximate surface area is 277 Å². The maximum atomic E-state index is 9.12. The summed E-state index contributed by atoms with van der Waals surface area (Å²) < 4.78 is 41.7. The Bertz CT molecular complexity index is 877. The molecule has 2 heterocycles. The van der Waals surface area contributed by atoms with E-state index in [0.29, 0.717) is 24.9 Å². The SMILES string of the molecule is COC(/C=C\CC(C)C)[C@H]1OC(C)(C)O[C@H]1CCO.COC(/C=C\CC(C)C)[C@H]1OC(C)(C)O[C@H]1CCO[Si](C)(C)C(C)(C)C. The molecule has 2 aliphatic rings. The summed E-state index contributed by atoms with van der Waals surface area (Å²) in [7, 11) is 1.67. The van der Waals surface area contributed by atoms with Crippen LogP contribution in [0.1, 0.15) is 102 Å². The van der Waals surface area contributed by atoms with Crippen LogP contribution < -0.4 is 0 Å². The summed E-state index contributed by atoms with van der Waals surface area (Å²) in [6.07, 6.45) is 11.2. The van der Waals surface area contributed by atoms with Crippen molar-refractivity contribution in [1.82, 2.24) is 0 Å². The summed E-state index contributed by atoms with van der Waals surface area (Å²) in [4.78, 5) is 0. The van der Waals surface area contributed by atoms with Gasteiger partial charge in [0, 0.05) is 27.4 Å². The lowest BCUT2D eigenvalue weighted by molar-refractivity contribution is -0.155. The molecule has 2 saturated heterocycles. The standard InChI is InChI=1S/C21H42O4Si.C15H28O4/c1-16(2)12-11-13-17(22-8)19-18(24-21(6,7)25-19)14-15-23-26(9,10)20(3,4)5;1-11(2)7-6-8-12(17-5)14-13(9-10-16)18-15(3,4)19-14/h11,13,16-19H,12,14-15H2,1-10H3;6,8,11-14,16H,7,9-10H2,1-5H3/b13-11-;8-6-/t17?,18-,19+;12?,13-,14+/m00/s1. The molecule has 0 amide bonds. The van der Waals surface area contributed by atoms with Crippen LogP contribution in [0.5, 0.6) is 0 Å². The molecular weight excluding hydrogens is 588 g/mol. The number of hydrogen-bond acceptors (Lipinski definition) is 8. The highest BCUT2D eigenvalue weighted by molar-refractivity contribution is 6.74. The molecule has 2 fully saturated rings. The van der Waals surface area contributed by atoms with Crippen LogP contribution in [0.3, 0.4) is 0 Å². The Kier molecular flexibility index (Phi) is 17.7. The minimum Gasteiger partial charge on any atom is -0.417 e. The molecular formula is C36H70O8Si. The molecule has 0 aromatic heterocycles. The first-order valence-corrected chi connectivity index (χ1v) is 19.9. The van der Waals surface area contributed by atoms with Gasteiger partial charge in [-0.05, 0) is 83.3 Å². The molecule has 2 rings (SSSR count). The Morgan fingerprint density at radius 2 is 1.13 bits per heavy atom. The number of methoxy groups -OCH3 is 2. The first-order valence-electron chi connectivity index (χ1n) is 17.0. The van der Waals surface area contributed by atoms with Crippen molar-refractivity contribution < 1.29 is 38.0 Å². The molecule has 0 saturated carbocycles. The van der Waals surface area contributed by atoms with Gasteiger partial charge in [-0.1, -0.05) is 72.8 Å². The number of hydrogen-bond donors (Lipinski definition) is 1. The Hall–Kier alpha value is -0.623. The molecule has 0 aromatic rings. The van der Waals surface area contributed by atoms with Gasteiger partial charge in [-0.25, -0.2) is 0 Å². The smallest absolute Gasteiger partial charge is 0.191 e. The molecule has 45 heavy (non-hydrogen) atoms. The number of aliphatic hydroxyl groups excluding tert-OH is 1. The van der Waals surface area contributed by atoms with Crippen molar-refractivity contribution in [3.05, 3.63) is 24.3 Å². The van der Waals surface area contributed by atoms with Gasteiger partial charge in [-0.15, -0.1) is 0 Å². The van der Waals surface area contributed by atoms with Gasteiger partial charge in [0.2, 0.25) is 0 Å². The van der Waals surface area contributed by atoms with E-state index in [1.54, 1.807) is 14.2 Å². The summed E-state index contributed by atoms with van der Waals surface area (Å²) in [5.74, 6) is 0.0520. The third-order valence-electron chi connectivity index (χ3n) is 8.59. The van der Waals surface area contributed by atoms with Crippen LogP contribution in [-0.2, 0) is 32.8 Å². The zero-order chi connectivity index (χ0) is 34.6. The van der Waals surface area contributed by atoms with E-state index in [-0.39, 0.29) is 48.3 Å². The van der Waals surface area contributed by atoms with E-state index >= 15 is 0 Å². The monoisotopic (exact) mass is 658 g/mol. The van der Waals surface area contributed by atoms with Gasteiger partial charge in [0.15, 0.2) is 19.9 Å². The predicted octanol–water partition coefficient (Wildman–Crippen LogP) is 8.04. The largest absolute Gasteiger partial charge is 0.417 e. The van der Waals surface area contributed by atoms with Crippen molar-refractivity contribution in [2.24, 2.45) is 11.8 Å². The van der Waals surface area contributed by atoms with E-state index in [9.17, 15) is 0 Å². The molecule has 0 spiro atoms. The molecule has 9 heteroatoms. The van der Waals surface area contributed by atoms with Crippen LogP contribution in [0.15, 0.2) is 24.3 Å². The molecule has 266 valence electrons. The van der Waals surface area contributed by atoms with Gasteiger partial charge < -0.3 is 38.0 Å². The fourth-order valence-corrected chi connectivity index (χ4v) is 6.18. The van der Waals surface area contributed by atoms with Crippen LogP contribution in [-0.4, -0.2) is 89.1 Å². The van der Waals surface area contributed by atoms with E-state index in [2.05, 4.69) is 79.8 Å². The summed E-state index contributed by atoms with van der Waals surface area (Å²) >= 11 is 0. The predicted molar refractivity (Wildman–Crippen MR) is 186 cm³/mol. The lowest BCUT2D eigenvalue weighted by Gasteiger charge is -2.36. The second kappa shape index (κ2) is 18.8. The maximum Gasteiger partial charge on any atom is 0.191 e. The van der Waals surface area contributed by atoms with Crippen molar-refractivity contribution in [2.45, 2.75) is 168 Å². The van der Waals surface area contributed by atoms with E-state index in [0.717, 1.165) is 19.3 Å². The van der Waals surface area contributed by atoms with Gasteiger partial charge in [0.25, 0.3) is 0 Å². The molecule has 0 aromatic carbocycles. The highest BCUT2D eigenvalue weighted by Crippen LogP contribution is 2.38. The van der Waals surface area contributed by atoms with Gasteiger partial charge in [0.1, 0.15) is 24.4 Å². The lowest BCUT2D eigenvalue weighted by atomic mass is 10.0. The first kappa shape index (κ1) is 42.4. The minimum absolute atomic E-state index is 0.0246. The fraction of sp³-hybridized carbons (Fsp3) is 0.889. The summed E-state index contributed by atoms with van der Waals surface area (Å²) in [5, 5.41) is 9.34. The molecule has 8 nitrogen and oxygen atoms in total. The van der Waals surface area contributed by atoms with Crippen molar-refractivity contribution in [3.8, 4) is 0 Å². The lowest BCUT2D eigenvalue weighted by Crippen LogP contribution is -2.42. The number of allylic oxidation sites excluding steroid dienone is 2. The third kappa shape index (κ3) is 15.0. The second-order valence-corrected chi connectivity index (χ2v) is 20.5. The van der Waals surface area contributed by atoms with Gasteiger partial charge in [-0.3, -0.25) is 0 Å². The second-order valence-electron chi connectivity index (χ2n) is 15.7. The van der Waals surface area contributed by atoms with Crippen LogP contribution in [0.4, 0.5) is 0 Å². The molecule has 1 N–H and O–H groups in total. The molecule has 0 radical (unpaired) electrons. The first-order chi connectivity index (χ1) is 20.7. The van der Waals surface area contributed by atoms with Crippen LogP contribution in [0.25, 0.3) is 0 Å². The average Bonchev–Trinajstić information content (AvgIpc) is 3.37. The highest BCUT2D eigenvalue weighted by atomic mass is 28.4. The number of aliphatic hydroxyl groups is 1. The normalized spacial score (nSPS) is 26.6. The topological polar surface area (TPSA) is 84.8 Å². The van der Waals surface area contributed by atoms with E-state index in [1.807, 2.05) is 33.8 Å². The minimum atomic E-state index is -1.75. The van der Waals surface area contributed by atoms with Gasteiger partial charge >= 0.3 is 0 Å². The zero-order valence-corrected chi connectivity index (χ0v) is 32.5. The van der Waals surface area contributed by atoms with Crippen molar-refractivity contribution in [1.29, 1.82) is 0 Å². The average molecular weight is 659 g/mol. The van der Waals surface area contributed by atoms with Crippen LogP contribution in [0.2, 0.25) is 18.1 Å². The third-order valence-corrected chi connectivity index (χ3v) is 13.1. The van der Waals surface area contributed by atoms with Crippen LogP contribution >= 0.6 is 0 Å². The van der Waals surface area contributed by atoms with E-state index in [1.165, 1.54) is 0 Å². The number of ether oxygens (including phenoxy) is 6. The molecule has 2 unspecified atom stereocenters. The summed E-state index contributed by atoms with van der Waals surface area (Å²) in [6.45, 7) is 28.7.